The molecule has 7 aromatic rings. The molecule has 0 heterocycles. The minimum absolute atomic E-state index is 0.973. The van der Waals surface area contributed by atoms with Gasteiger partial charge in [-0.2, -0.15) is 0 Å². The fraction of sp³-hybridized carbons (Fsp3) is 0.194. The van der Waals surface area contributed by atoms with Crippen LogP contribution in [0.5, 0.6) is 0 Å². The topological polar surface area (TPSA) is 0 Å². The summed E-state index contributed by atoms with van der Waals surface area (Å²) in [6.45, 7) is 22.9. The zero-order valence-electron chi connectivity index (χ0n) is 38.9. The van der Waals surface area contributed by atoms with Crippen LogP contribution in [0.3, 0.4) is 0 Å². The van der Waals surface area contributed by atoms with Crippen molar-refractivity contribution in [2.75, 3.05) is 0 Å². The standard InChI is InChI=1S/C43H38.C8H10.C7H8.2C2H6/c1-4-13-41(35-24-22-32(23-25-35)31(2)3)43-30-39(38-20-11-18-36(28-38)33-14-7-5-8-15-33)26-27-42(43)40-21-12-19-37(29-40)34-16-9-6-10-17-34;1-7-5-3-4-6-8(7)2;1-7-5-3-2-4-6-7;2*1-2/h5-22,24,26-30H,2,4,23,25H2,1,3H3;3-6H,1-2H3;2-6H,1H3;2*1-2H3/b41-13-;;;;. The maximum absolute atomic E-state index is 4.19. The minimum Gasteiger partial charge on any atom is -0.0958 e. The summed E-state index contributed by atoms with van der Waals surface area (Å²) in [5.41, 5.74) is 20.5. The van der Waals surface area contributed by atoms with Crippen molar-refractivity contribution >= 4 is 5.57 Å². The van der Waals surface area contributed by atoms with Crippen LogP contribution in [0.15, 0.2) is 224 Å². The first-order valence-corrected chi connectivity index (χ1v) is 22.6. The highest BCUT2D eigenvalue weighted by Crippen LogP contribution is 2.41. The van der Waals surface area contributed by atoms with Crippen LogP contribution in [-0.2, 0) is 0 Å². The lowest BCUT2D eigenvalue weighted by Gasteiger charge is -2.21. The van der Waals surface area contributed by atoms with Crippen molar-refractivity contribution in [1.82, 2.24) is 0 Å². The second-order valence-corrected chi connectivity index (χ2v) is 15.1. The Morgan fingerprint density at radius 1 is 0.452 bits per heavy atom. The quantitative estimate of drug-likeness (QED) is 0.143. The molecule has 316 valence electrons. The van der Waals surface area contributed by atoms with E-state index in [1.54, 1.807) is 0 Å². The number of hydrogen-bond acceptors (Lipinski definition) is 0. The van der Waals surface area contributed by atoms with E-state index in [0.29, 0.717) is 0 Å². The summed E-state index contributed by atoms with van der Waals surface area (Å²) in [5, 5.41) is 0. The molecule has 0 nitrogen and oxygen atoms in total. The average Bonchev–Trinajstić information content (AvgIpc) is 3.34. The molecule has 0 radical (unpaired) electrons. The van der Waals surface area contributed by atoms with Crippen LogP contribution in [0.4, 0.5) is 0 Å². The van der Waals surface area contributed by atoms with Crippen molar-refractivity contribution in [1.29, 1.82) is 0 Å². The molecule has 7 aromatic carbocycles. The lowest BCUT2D eigenvalue weighted by Crippen LogP contribution is -2.00. The Morgan fingerprint density at radius 3 is 1.29 bits per heavy atom. The molecule has 0 amide bonds. The van der Waals surface area contributed by atoms with E-state index in [2.05, 4.69) is 223 Å². The molecule has 1 aliphatic carbocycles. The maximum Gasteiger partial charge on any atom is -0.00997 e. The maximum atomic E-state index is 4.19. The molecule has 0 saturated heterocycles. The predicted octanol–water partition coefficient (Wildman–Crippen LogP) is 18.7. The Hall–Kier alpha value is -6.50. The van der Waals surface area contributed by atoms with Gasteiger partial charge in [-0.15, -0.1) is 0 Å². The van der Waals surface area contributed by atoms with Crippen LogP contribution in [0.2, 0.25) is 0 Å². The van der Waals surface area contributed by atoms with Gasteiger partial charge in [-0.3, -0.25) is 0 Å². The molecule has 0 bridgehead atoms. The van der Waals surface area contributed by atoms with Gasteiger partial charge in [0, 0.05) is 0 Å². The Morgan fingerprint density at radius 2 is 0.855 bits per heavy atom. The lowest BCUT2D eigenvalue weighted by molar-refractivity contribution is 0.938. The van der Waals surface area contributed by atoms with Crippen molar-refractivity contribution in [3.63, 3.8) is 0 Å². The Bertz CT molecular complexity index is 2490. The molecule has 1 aliphatic rings. The van der Waals surface area contributed by atoms with Gasteiger partial charge >= 0.3 is 0 Å². The van der Waals surface area contributed by atoms with Crippen molar-refractivity contribution in [3.05, 3.63) is 246 Å². The number of allylic oxidation sites excluding steroid dienone is 7. The summed E-state index contributed by atoms with van der Waals surface area (Å²) < 4.78 is 0. The number of benzene rings is 7. The molecule has 0 unspecified atom stereocenters. The van der Waals surface area contributed by atoms with Crippen LogP contribution < -0.4 is 0 Å². The Kier molecular flexibility index (Phi) is 20.2. The average molecular weight is 813 g/mol. The fourth-order valence-corrected chi connectivity index (χ4v) is 7.24. The van der Waals surface area contributed by atoms with Crippen LogP contribution in [0, 0.1) is 20.8 Å². The van der Waals surface area contributed by atoms with Gasteiger partial charge in [-0.05, 0) is 143 Å². The monoisotopic (exact) mass is 813 g/mol. The first kappa shape index (κ1) is 48.2. The molecule has 0 fully saturated rings. The van der Waals surface area contributed by atoms with E-state index in [4.69, 9.17) is 0 Å². The van der Waals surface area contributed by atoms with Crippen LogP contribution in [0.25, 0.3) is 50.1 Å². The highest BCUT2D eigenvalue weighted by molar-refractivity contribution is 5.92. The molecule has 0 spiro atoms. The molecule has 8 rings (SSSR count). The summed E-state index contributed by atoms with van der Waals surface area (Å²) in [5.74, 6) is 0. The Labute approximate surface area is 375 Å². The van der Waals surface area contributed by atoms with Crippen LogP contribution in [0.1, 0.15) is 83.1 Å². The molecule has 0 atom stereocenters. The van der Waals surface area contributed by atoms with Crippen molar-refractivity contribution in [3.8, 4) is 44.5 Å². The molecule has 0 N–H and O–H groups in total. The summed E-state index contributed by atoms with van der Waals surface area (Å²) >= 11 is 0. The van der Waals surface area contributed by atoms with Gasteiger partial charge in [0.05, 0.1) is 0 Å². The van der Waals surface area contributed by atoms with Crippen LogP contribution in [-0.4, -0.2) is 0 Å². The van der Waals surface area contributed by atoms with Crippen LogP contribution >= 0.6 is 0 Å². The van der Waals surface area contributed by atoms with E-state index in [-0.39, 0.29) is 0 Å². The summed E-state index contributed by atoms with van der Waals surface area (Å²) in [4.78, 5) is 0. The van der Waals surface area contributed by atoms with Gasteiger partial charge in [-0.25, -0.2) is 0 Å². The zero-order chi connectivity index (χ0) is 44.7. The van der Waals surface area contributed by atoms with Crippen molar-refractivity contribution < 1.29 is 0 Å². The normalized spacial score (nSPS) is 11.6. The van der Waals surface area contributed by atoms with E-state index in [1.807, 2.05) is 45.9 Å². The third-order valence-electron chi connectivity index (χ3n) is 10.7. The van der Waals surface area contributed by atoms with E-state index >= 15 is 0 Å². The van der Waals surface area contributed by atoms with Crippen molar-refractivity contribution in [2.24, 2.45) is 0 Å². The smallest absolute Gasteiger partial charge is 0.00997 e. The fourth-order valence-electron chi connectivity index (χ4n) is 7.24. The third-order valence-corrected chi connectivity index (χ3v) is 10.7. The first-order valence-electron chi connectivity index (χ1n) is 22.6. The molecule has 0 aliphatic heterocycles. The van der Waals surface area contributed by atoms with E-state index in [9.17, 15) is 0 Å². The van der Waals surface area contributed by atoms with Gasteiger partial charge in [0.25, 0.3) is 0 Å². The van der Waals surface area contributed by atoms with Gasteiger partial charge in [0.1, 0.15) is 0 Å². The summed E-state index contributed by atoms with van der Waals surface area (Å²) in [7, 11) is 0. The second-order valence-electron chi connectivity index (χ2n) is 15.1. The molecular weight excluding hydrogens is 745 g/mol. The molecule has 62 heavy (non-hydrogen) atoms. The summed E-state index contributed by atoms with van der Waals surface area (Å²) in [6.07, 6.45) is 10.0. The SMILES string of the molecule is C=C(C)C1=CC=C(/C(=C/CC)c2cc(-c3cccc(-c4ccccc4)c3)ccc2-c2cccc(-c3ccccc3)c2)CC1.CC.CC.Cc1ccccc1.Cc1ccccc1C. The number of rotatable bonds is 8. The van der Waals surface area contributed by atoms with Crippen molar-refractivity contribution in [2.45, 2.75) is 81.6 Å². The van der Waals surface area contributed by atoms with Gasteiger partial charge in [0.15, 0.2) is 0 Å². The molecule has 0 heteroatoms. The van der Waals surface area contributed by atoms with Gasteiger partial charge in [-0.1, -0.05) is 234 Å². The predicted molar refractivity (Wildman–Crippen MR) is 276 cm³/mol. The first-order chi connectivity index (χ1) is 30.3. The second kappa shape index (κ2) is 26.0. The molecular formula is C62H68. The largest absolute Gasteiger partial charge is 0.0958 e. The number of aryl methyl sites for hydroxylation is 3. The number of hydrogen-bond donors (Lipinski definition) is 0. The highest BCUT2D eigenvalue weighted by atomic mass is 14.2. The highest BCUT2D eigenvalue weighted by Gasteiger charge is 2.18. The Balaban J connectivity index is 0.000000369. The zero-order valence-corrected chi connectivity index (χ0v) is 38.9. The lowest BCUT2D eigenvalue weighted by atomic mass is 9.83. The molecule has 0 saturated carbocycles. The third kappa shape index (κ3) is 14.0. The van der Waals surface area contributed by atoms with Gasteiger partial charge < -0.3 is 0 Å². The van der Waals surface area contributed by atoms with Gasteiger partial charge in [0.2, 0.25) is 0 Å². The minimum atomic E-state index is 0.973. The molecule has 0 aromatic heterocycles. The van der Waals surface area contributed by atoms with E-state index in [1.165, 1.54) is 83.5 Å². The van der Waals surface area contributed by atoms with E-state index < -0.39 is 0 Å². The van der Waals surface area contributed by atoms with E-state index in [0.717, 1.165) is 24.8 Å². The summed E-state index contributed by atoms with van der Waals surface area (Å²) in [6, 6.07) is 64.8.